The first-order valence-electron chi connectivity index (χ1n) is 10.1. The van der Waals surface area contributed by atoms with Crippen molar-refractivity contribution in [3.63, 3.8) is 0 Å². The van der Waals surface area contributed by atoms with Crippen LogP contribution >= 0.6 is 11.3 Å². The molecule has 0 spiro atoms. The van der Waals surface area contributed by atoms with Crippen LogP contribution in [0.15, 0.2) is 9.90 Å². The van der Waals surface area contributed by atoms with Crippen LogP contribution in [0.2, 0.25) is 0 Å². The van der Waals surface area contributed by atoms with Crippen molar-refractivity contribution in [1.82, 2.24) is 15.4 Å². The molecule has 0 radical (unpaired) electrons. The second-order valence-electron chi connectivity index (χ2n) is 8.11. The summed E-state index contributed by atoms with van der Waals surface area (Å²) in [6.45, 7) is 8.90. The predicted octanol–water partition coefficient (Wildman–Crippen LogP) is 4.36. The lowest BCUT2D eigenvalue weighted by Crippen LogP contribution is -2.46. The third-order valence-corrected chi connectivity index (χ3v) is 7.46. The van der Waals surface area contributed by atoms with Gasteiger partial charge >= 0.3 is 0 Å². The zero-order valence-electron chi connectivity index (χ0n) is 16.6. The van der Waals surface area contributed by atoms with Crippen LogP contribution in [0.3, 0.4) is 0 Å². The topological polar surface area (TPSA) is 58.4 Å². The van der Waals surface area contributed by atoms with Crippen LogP contribution in [0.4, 0.5) is 0 Å². The fourth-order valence-corrected chi connectivity index (χ4v) is 5.71. The van der Waals surface area contributed by atoms with Gasteiger partial charge in [0.05, 0.1) is 11.3 Å². The first kappa shape index (κ1) is 18.7. The van der Waals surface area contributed by atoms with Crippen LogP contribution < -0.4 is 5.32 Å². The molecule has 0 unspecified atom stereocenters. The minimum absolute atomic E-state index is 0.0238. The Balaban J connectivity index is 1.46. The summed E-state index contributed by atoms with van der Waals surface area (Å²) in [5.74, 6) is 1.04. The van der Waals surface area contributed by atoms with Gasteiger partial charge in [-0.15, -0.1) is 11.3 Å². The molecule has 0 saturated heterocycles. The Morgan fingerprint density at radius 3 is 2.81 bits per heavy atom. The van der Waals surface area contributed by atoms with Crippen molar-refractivity contribution in [3.05, 3.63) is 38.4 Å². The third kappa shape index (κ3) is 3.57. The summed E-state index contributed by atoms with van der Waals surface area (Å²) < 4.78 is 5.30. The number of nitrogens with one attached hydrogen (secondary N) is 1. The lowest BCUT2D eigenvalue weighted by molar-refractivity contribution is 0.0895. The Bertz CT molecular complexity index is 813. The molecule has 1 fully saturated rings. The number of hydrogen-bond acceptors (Lipinski definition) is 5. The van der Waals surface area contributed by atoms with Crippen LogP contribution in [0.1, 0.15) is 76.8 Å². The molecule has 4 rings (SSSR count). The van der Waals surface area contributed by atoms with Crippen molar-refractivity contribution in [2.75, 3.05) is 6.54 Å². The first-order chi connectivity index (χ1) is 13.0. The summed E-state index contributed by atoms with van der Waals surface area (Å²) >= 11 is 1.73. The van der Waals surface area contributed by atoms with E-state index < -0.39 is 0 Å². The number of nitrogens with zero attached hydrogens (tertiary/aromatic N) is 2. The van der Waals surface area contributed by atoms with Crippen molar-refractivity contribution < 1.29 is 9.32 Å². The molecule has 1 aliphatic heterocycles. The van der Waals surface area contributed by atoms with E-state index in [2.05, 4.69) is 27.7 Å². The zero-order valence-corrected chi connectivity index (χ0v) is 17.4. The summed E-state index contributed by atoms with van der Waals surface area (Å²) in [6.07, 6.45) is 6.65. The summed E-state index contributed by atoms with van der Waals surface area (Å²) in [5.41, 5.74) is 4.36. The Kier molecular flexibility index (Phi) is 5.12. The fraction of sp³-hybridized carbons (Fsp3) is 0.619. The maximum Gasteiger partial charge on any atom is 0.252 e. The number of amides is 1. The number of carbonyl (C=O) groups excluding carboxylic acids is 1. The molecule has 1 saturated carbocycles. The normalized spacial score (nSPS) is 19.2. The Morgan fingerprint density at radius 2 is 2.15 bits per heavy atom. The summed E-state index contributed by atoms with van der Waals surface area (Å²) in [7, 11) is 0. The number of thiophene rings is 1. The average molecular weight is 388 g/mol. The molecule has 1 N–H and O–H groups in total. The second-order valence-corrected chi connectivity index (χ2v) is 9.07. The Morgan fingerprint density at radius 1 is 1.37 bits per heavy atom. The van der Waals surface area contributed by atoms with Crippen LogP contribution in [0, 0.1) is 13.8 Å². The predicted molar refractivity (Wildman–Crippen MR) is 107 cm³/mol. The molecule has 1 amide bonds. The van der Waals surface area contributed by atoms with Gasteiger partial charge in [0.2, 0.25) is 0 Å². The molecule has 2 aliphatic rings. The largest absolute Gasteiger partial charge is 0.361 e. The lowest BCUT2D eigenvalue weighted by atomic mass is 9.93. The van der Waals surface area contributed by atoms with Gasteiger partial charge in [0.1, 0.15) is 5.76 Å². The van der Waals surface area contributed by atoms with Crippen molar-refractivity contribution in [2.24, 2.45) is 0 Å². The van der Waals surface area contributed by atoms with Crippen LogP contribution in [0.5, 0.6) is 0 Å². The van der Waals surface area contributed by atoms with Crippen molar-refractivity contribution in [1.29, 1.82) is 0 Å². The van der Waals surface area contributed by atoms with E-state index in [1.165, 1.54) is 28.8 Å². The number of rotatable bonds is 5. The minimum atomic E-state index is 0.0238. The molecular weight excluding hydrogens is 358 g/mol. The highest BCUT2D eigenvalue weighted by atomic mass is 32.1. The molecule has 6 heteroatoms. The molecule has 3 heterocycles. The lowest BCUT2D eigenvalue weighted by Gasteiger charge is -2.30. The maximum atomic E-state index is 13.0. The van der Waals surface area contributed by atoms with Gasteiger partial charge in [-0.05, 0) is 45.1 Å². The zero-order chi connectivity index (χ0) is 19.0. The van der Waals surface area contributed by atoms with Crippen LogP contribution in [-0.4, -0.2) is 28.0 Å². The fourth-order valence-electron chi connectivity index (χ4n) is 4.59. The summed E-state index contributed by atoms with van der Waals surface area (Å²) in [5, 5.41) is 9.52. The van der Waals surface area contributed by atoms with Crippen molar-refractivity contribution in [3.8, 4) is 0 Å². The number of fused-ring (bicyclic) bond motifs is 1. The molecule has 0 bridgehead atoms. The van der Waals surface area contributed by atoms with Gasteiger partial charge in [-0.25, -0.2) is 0 Å². The van der Waals surface area contributed by atoms with Gasteiger partial charge in [0.25, 0.3) is 5.91 Å². The summed E-state index contributed by atoms with van der Waals surface area (Å²) in [6, 6.07) is 0. The van der Waals surface area contributed by atoms with Gasteiger partial charge in [0.15, 0.2) is 0 Å². The van der Waals surface area contributed by atoms with Gasteiger partial charge in [-0.3, -0.25) is 9.69 Å². The van der Waals surface area contributed by atoms with Gasteiger partial charge in [0, 0.05) is 41.0 Å². The molecule has 27 heavy (non-hydrogen) atoms. The smallest absolute Gasteiger partial charge is 0.252 e. The number of aryl methyl sites for hydroxylation is 2. The summed E-state index contributed by atoms with van der Waals surface area (Å²) in [4.78, 5) is 16.7. The maximum absolute atomic E-state index is 13.0. The molecular formula is C21H29N3O2S. The third-order valence-electron chi connectivity index (χ3n) is 6.45. The number of carbonyl (C=O) groups is 1. The van der Waals surface area contributed by atoms with Crippen LogP contribution in [-0.2, 0) is 19.5 Å². The molecule has 2 aromatic heterocycles. The minimum Gasteiger partial charge on any atom is -0.361 e. The van der Waals surface area contributed by atoms with E-state index in [0.717, 1.165) is 62.3 Å². The SMILES string of the molecule is CCC1(NC(=O)c2csc3c2CCN(Cc2c(C)noc2C)C3)CCCC1. The number of aromatic nitrogens is 1. The van der Waals surface area contributed by atoms with Crippen molar-refractivity contribution >= 4 is 17.2 Å². The Labute approximate surface area is 165 Å². The highest BCUT2D eigenvalue weighted by Crippen LogP contribution is 2.34. The van der Waals surface area contributed by atoms with E-state index in [-0.39, 0.29) is 11.4 Å². The highest BCUT2D eigenvalue weighted by molar-refractivity contribution is 7.10. The monoisotopic (exact) mass is 387 g/mol. The van der Waals surface area contributed by atoms with E-state index in [9.17, 15) is 4.79 Å². The van der Waals surface area contributed by atoms with Crippen molar-refractivity contribution in [2.45, 2.75) is 77.9 Å². The highest BCUT2D eigenvalue weighted by Gasteiger charge is 2.35. The first-order valence-corrected chi connectivity index (χ1v) is 10.9. The number of hydrogen-bond donors (Lipinski definition) is 1. The van der Waals surface area contributed by atoms with E-state index in [4.69, 9.17) is 4.52 Å². The molecule has 0 atom stereocenters. The van der Waals surface area contributed by atoms with Crippen LogP contribution in [0.25, 0.3) is 0 Å². The van der Waals surface area contributed by atoms with E-state index >= 15 is 0 Å². The molecule has 5 nitrogen and oxygen atoms in total. The van der Waals surface area contributed by atoms with E-state index in [1.54, 1.807) is 11.3 Å². The van der Waals surface area contributed by atoms with E-state index in [1.807, 2.05) is 13.8 Å². The molecule has 146 valence electrons. The van der Waals surface area contributed by atoms with Gasteiger partial charge in [-0.2, -0.15) is 0 Å². The second kappa shape index (κ2) is 7.40. The Hall–Kier alpha value is -1.66. The van der Waals surface area contributed by atoms with Gasteiger partial charge in [-0.1, -0.05) is 24.9 Å². The molecule has 0 aromatic carbocycles. The quantitative estimate of drug-likeness (QED) is 0.828. The standard InChI is InChI=1S/C21H29N3O2S/c1-4-21(8-5-6-9-21)22-20(25)18-13-27-19-12-24(10-7-16(18)19)11-17-14(2)23-26-15(17)3/h13H,4-12H2,1-3H3,(H,22,25). The van der Waals surface area contributed by atoms with E-state index in [0.29, 0.717) is 0 Å². The molecule has 1 aliphatic carbocycles. The molecule has 2 aromatic rings. The average Bonchev–Trinajstić information content (AvgIpc) is 3.37. The van der Waals surface area contributed by atoms with Gasteiger partial charge < -0.3 is 9.84 Å².